The van der Waals surface area contributed by atoms with Crippen molar-refractivity contribution in [2.45, 2.75) is 0 Å². The second-order valence-electron chi connectivity index (χ2n) is 2.15. The summed E-state index contributed by atoms with van der Waals surface area (Å²) < 4.78 is 0. The van der Waals surface area contributed by atoms with Crippen LogP contribution in [0.5, 0.6) is 0 Å². The van der Waals surface area contributed by atoms with E-state index in [0.29, 0.717) is 5.69 Å². The molecular formula is C7H7N3O3. The van der Waals surface area contributed by atoms with Gasteiger partial charge < -0.3 is 10.4 Å². The van der Waals surface area contributed by atoms with Gasteiger partial charge in [0, 0.05) is 18.3 Å². The first kappa shape index (κ1) is 8.98. The molecule has 3 N–H and O–H groups in total. The molecule has 68 valence electrons. The molecule has 1 aromatic heterocycles. The van der Waals surface area contributed by atoms with E-state index in [0.717, 1.165) is 12.2 Å². The summed E-state index contributed by atoms with van der Waals surface area (Å²) in [7, 11) is 0. The van der Waals surface area contributed by atoms with Gasteiger partial charge in [-0.05, 0) is 0 Å². The van der Waals surface area contributed by atoms with Gasteiger partial charge in [0.1, 0.15) is 0 Å². The second kappa shape index (κ2) is 4.05. The fourth-order valence-corrected chi connectivity index (χ4v) is 0.650. The van der Waals surface area contributed by atoms with Crippen molar-refractivity contribution >= 4 is 17.6 Å². The summed E-state index contributed by atoms with van der Waals surface area (Å²) >= 11 is 0. The van der Waals surface area contributed by atoms with Crippen LogP contribution in [0.1, 0.15) is 0 Å². The minimum absolute atomic E-state index is 0.486. The number of carbonyl (C=O) groups excluding carboxylic acids is 1. The Balaban J connectivity index is 2.47. The summed E-state index contributed by atoms with van der Waals surface area (Å²) in [6.07, 6.45) is 4.57. The normalized spacial score (nSPS) is 10.2. The van der Waals surface area contributed by atoms with Crippen LogP contribution in [-0.2, 0) is 9.59 Å². The Morgan fingerprint density at radius 3 is 2.85 bits per heavy atom. The van der Waals surface area contributed by atoms with Gasteiger partial charge in [0.2, 0.25) is 5.91 Å². The maximum absolute atomic E-state index is 10.9. The van der Waals surface area contributed by atoms with Crippen LogP contribution in [0.2, 0.25) is 0 Å². The van der Waals surface area contributed by atoms with Crippen LogP contribution in [0.4, 0.5) is 5.69 Å². The first-order valence-corrected chi connectivity index (χ1v) is 3.39. The monoisotopic (exact) mass is 181 g/mol. The fraction of sp³-hybridized carbons (Fsp3) is 0. The molecule has 0 radical (unpaired) electrons. The number of amides is 1. The van der Waals surface area contributed by atoms with Crippen molar-refractivity contribution in [1.82, 2.24) is 10.2 Å². The highest BCUT2D eigenvalue weighted by atomic mass is 16.4. The molecule has 0 bridgehead atoms. The predicted octanol–water partition coefficient (Wildman–Crippen LogP) is -0.0110. The maximum atomic E-state index is 10.9. The van der Waals surface area contributed by atoms with Crippen LogP contribution in [0.25, 0.3) is 0 Å². The van der Waals surface area contributed by atoms with Crippen LogP contribution in [0, 0.1) is 0 Å². The van der Waals surface area contributed by atoms with Gasteiger partial charge in [-0.1, -0.05) is 0 Å². The average Bonchev–Trinajstić information content (AvgIpc) is 2.53. The zero-order chi connectivity index (χ0) is 9.68. The number of hydrogen-bond acceptors (Lipinski definition) is 3. The first-order valence-electron chi connectivity index (χ1n) is 3.39. The molecule has 0 fully saturated rings. The van der Waals surface area contributed by atoms with Crippen LogP contribution >= 0.6 is 0 Å². The second-order valence-corrected chi connectivity index (χ2v) is 2.15. The molecule has 0 spiro atoms. The Kier molecular flexibility index (Phi) is 2.80. The SMILES string of the molecule is O=C(O)/C=C\C(=O)Nc1cn[nH]c1. The standard InChI is InChI=1S/C7H7N3O3/c11-6(1-2-7(12)13)10-5-3-8-9-4-5/h1-4H,(H,8,9)(H,10,11)(H,12,13)/b2-1-. The van der Waals surface area contributed by atoms with E-state index < -0.39 is 11.9 Å². The van der Waals surface area contributed by atoms with E-state index in [4.69, 9.17) is 5.11 Å². The van der Waals surface area contributed by atoms with Crippen molar-refractivity contribution in [2.24, 2.45) is 0 Å². The molecule has 0 saturated heterocycles. The maximum Gasteiger partial charge on any atom is 0.328 e. The number of rotatable bonds is 3. The lowest BCUT2D eigenvalue weighted by atomic mass is 10.4. The van der Waals surface area contributed by atoms with E-state index >= 15 is 0 Å². The molecule has 13 heavy (non-hydrogen) atoms. The van der Waals surface area contributed by atoms with E-state index in [9.17, 15) is 9.59 Å². The van der Waals surface area contributed by atoms with E-state index in [-0.39, 0.29) is 0 Å². The van der Waals surface area contributed by atoms with Crippen molar-refractivity contribution in [3.8, 4) is 0 Å². The summed E-state index contributed by atoms with van der Waals surface area (Å²) in [5.74, 6) is -1.67. The number of anilines is 1. The Morgan fingerprint density at radius 1 is 1.54 bits per heavy atom. The lowest BCUT2D eigenvalue weighted by Crippen LogP contribution is -2.07. The Hall–Kier alpha value is -2.11. The molecule has 0 saturated carbocycles. The number of carbonyl (C=O) groups is 2. The molecule has 6 nitrogen and oxygen atoms in total. The smallest absolute Gasteiger partial charge is 0.328 e. The van der Waals surface area contributed by atoms with Crippen LogP contribution in [0.15, 0.2) is 24.5 Å². The summed E-state index contributed by atoms with van der Waals surface area (Å²) in [6.45, 7) is 0. The van der Waals surface area contributed by atoms with Crippen molar-refractivity contribution < 1.29 is 14.7 Å². The van der Waals surface area contributed by atoms with Gasteiger partial charge >= 0.3 is 5.97 Å². The number of hydrogen-bond donors (Lipinski definition) is 3. The van der Waals surface area contributed by atoms with E-state index in [2.05, 4.69) is 15.5 Å². The Morgan fingerprint density at radius 2 is 2.31 bits per heavy atom. The van der Waals surface area contributed by atoms with Gasteiger partial charge in [-0.25, -0.2) is 4.79 Å². The van der Waals surface area contributed by atoms with Crippen molar-refractivity contribution in [1.29, 1.82) is 0 Å². The van der Waals surface area contributed by atoms with Crippen LogP contribution < -0.4 is 5.32 Å². The van der Waals surface area contributed by atoms with E-state index in [1.54, 1.807) is 0 Å². The van der Waals surface area contributed by atoms with Crippen LogP contribution in [-0.4, -0.2) is 27.2 Å². The Labute approximate surface area is 73.3 Å². The number of aromatic nitrogens is 2. The molecule has 0 aromatic carbocycles. The number of aliphatic carboxylic acids is 1. The topological polar surface area (TPSA) is 95.1 Å². The van der Waals surface area contributed by atoms with Gasteiger partial charge in [0.25, 0.3) is 0 Å². The minimum atomic E-state index is -1.16. The number of nitrogens with one attached hydrogen (secondary N) is 2. The fourth-order valence-electron chi connectivity index (χ4n) is 0.650. The first-order chi connectivity index (χ1) is 6.18. The zero-order valence-electron chi connectivity index (χ0n) is 6.52. The van der Waals surface area contributed by atoms with Crippen molar-refractivity contribution in [3.63, 3.8) is 0 Å². The Bertz CT molecular complexity index is 329. The number of H-pyrrole nitrogens is 1. The average molecular weight is 181 g/mol. The summed E-state index contributed by atoms with van der Waals surface area (Å²) in [5, 5.41) is 16.7. The van der Waals surface area contributed by atoms with Gasteiger partial charge in [0.15, 0.2) is 0 Å². The molecule has 1 aromatic rings. The number of carboxylic acids is 1. The van der Waals surface area contributed by atoms with Gasteiger partial charge in [-0.2, -0.15) is 5.10 Å². The number of aromatic amines is 1. The lowest BCUT2D eigenvalue weighted by molar-refractivity contribution is -0.131. The number of nitrogens with zero attached hydrogens (tertiary/aromatic N) is 1. The van der Waals surface area contributed by atoms with Crippen molar-refractivity contribution in [3.05, 3.63) is 24.5 Å². The molecule has 0 atom stereocenters. The number of carboxylic acid groups (broad SMARTS) is 1. The molecule has 1 amide bonds. The third kappa shape index (κ3) is 3.19. The van der Waals surface area contributed by atoms with Gasteiger partial charge in [0.05, 0.1) is 11.9 Å². The van der Waals surface area contributed by atoms with E-state index in [1.165, 1.54) is 12.4 Å². The highest BCUT2D eigenvalue weighted by Gasteiger charge is 1.98. The third-order valence-electron chi connectivity index (χ3n) is 1.14. The molecule has 1 heterocycles. The van der Waals surface area contributed by atoms with Crippen molar-refractivity contribution in [2.75, 3.05) is 5.32 Å². The van der Waals surface area contributed by atoms with Crippen LogP contribution in [0.3, 0.4) is 0 Å². The molecule has 0 aliphatic rings. The third-order valence-corrected chi connectivity index (χ3v) is 1.14. The highest BCUT2D eigenvalue weighted by molar-refractivity contribution is 6.02. The quantitative estimate of drug-likeness (QED) is 0.571. The molecule has 1 rings (SSSR count). The molecule has 0 unspecified atom stereocenters. The van der Waals surface area contributed by atoms with E-state index in [1.807, 2.05) is 0 Å². The largest absolute Gasteiger partial charge is 0.478 e. The minimum Gasteiger partial charge on any atom is -0.478 e. The van der Waals surface area contributed by atoms with Gasteiger partial charge in [-0.15, -0.1) is 0 Å². The summed E-state index contributed by atoms with van der Waals surface area (Å²) in [4.78, 5) is 20.9. The molecule has 6 heteroatoms. The molecule has 0 aliphatic heterocycles. The summed E-state index contributed by atoms with van der Waals surface area (Å²) in [5.41, 5.74) is 0.486. The molecule has 0 aliphatic carbocycles. The molecular weight excluding hydrogens is 174 g/mol. The predicted molar refractivity (Wildman–Crippen MR) is 44.0 cm³/mol. The summed E-state index contributed by atoms with van der Waals surface area (Å²) in [6, 6.07) is 0. The lowest BCUT2D eigenvalue weighted by Gasteiger charge is -1.94. The van der Waals surface area contributed by atoms with Gasteiger partial charge in [-0.3, -0.25) is 9.89 Å². The zero-order valence-corrected chi connectivity index (χ0v) is 6.52. The highest BCUT2D eigenvalue weighted by Crippen LogP contribution is 2.00.